The lowest BCUT2D eigenvalue weighted by Gasteiger charge is -2.38. The number of nitrogens with one attached hydrogen (secondary N) is 2. The molecule has 3 atom stereocenters. The summed E-state index contributed by atoms with van der Waals surface area (Å²) in [5, 5.41) is 21.3. The number of alkyl halides is 6. The van der Waals surface area contributed by atoms with E-state index in [-0.39, 0.29) is 38.8 Å². The van der Waals surface area contributed by atoms with Crippen LogP contribution in [0.3, 0.4) is 0 Å². The molecule has 0 spiro atoms. The number of carboxylic acid groups (broad SMARTS) is 2. The van der Waals surface area contributed by atoms with Gasteiger partial charge in [-0.2, -0.15) is 26.3 Å². The van der Waals surface area contributed by atoms with E-state index in [1.807, 2.05) is 0 Å². The summed E-state index contributed by atoms with van der Waals surface area (Å²) in [6, 6.07) is 4.93. The van der Waals surface area contributed by atoms with Crippen LogP contribution < -0.4 is 27.8 Å². The molecular formula is C28H40F6N6O7. The molecule has 13 nitrogen and oxygen atoms in total. The van der Waals surface area contributed by atoms with E-state index in [4.69, 9.17) is 27.1 Å². The fraction of sp³-hybridized carbons (Fsp3) is 0.607. The van der Waals surface area contributed by atoms with Crippen molar-refractivity contribution >= 4 is 29.7 Å². The van der Waals surface area contributed by atoms with Gasteiger partial charge in [0, 0.05) is 19.5 Å². The number of nitrogens with two attached hydrogens (primary N) is 3. The number of rotatable bonds is 14. The zero-order chi connectivity index (χ0) is 36.0. The quantitative estimate of drug-likeness (QED) is 0.109. The fourth-order valence-electron chi connectivity index (χ4n) is 4.40. The average molecular weight is 687 g/mol. The molecule has 2 rings (SSSR count). The highest BCUT2D eigenvalue weighted by molar-refractivity contribution is 5.93. The number of aliphatic carboxylic acids is 2. The molecule has 1 saturated heterocycles. The van der Waals surface area contributed by atoms with Crippen LogP contribution in [0, 0.1) is 0 Å². The highest BCUT2D eigenvalue weighted by Crippen LogP contribution is 2.24. The minimum Gasteiger partial charge on any atom is -0.480 e. The lowest BCUT2D eigenvalue weighted by Crippen LogP contribution is -2.60. The number of carbonyl (C=O) groups excluding carboxylic acids is 3. The summed E-state index contributed by atoms with van der Waals surface area (Å²) in [7, 11) is 0. The second-order valence-electron chi connectivity index (χ2n) is 10.9. The number of carbonyl (C=O) groups is 5. The molecular weight excluding hydrogens is 646 g/mol. The van der Waals surface area contributed by atoms with E-state index in [0.29, 0.717) is 19.4 Å². The third-order valence-electron chi connectivity index (χ3n) is 7.18. The summed E-state index contributed by atoms with van der Waals surface area (Å²) in [6.07, 6.45) is -10.5. The zero-order valence-electron chi connectivity index (χ0n) is 25.3. The molecule has 0 radical (unpaired) electrons. The van der Waals surface area contributed by atoms with E-state index in [2.05, 4.69) is 10.6 Å². The SMILES string of the molecule is NCCCCC(NC(=O)C(CCC(F)(F)F)NC(=O)C(N)Cc1ccccc1)C(=O)N1CCC(N)(C(=O)O)CC1.O=C(O)C(F)(F)F. The monoisotopic (exact) mass is 686 g/mol. The molecule has 1 fully saturated rings. The van der Waals surface area contributed by atoms with Crippen molar-refractivity contribution in [2.75, 3.05) is 19.6 Å². The van der Waals surface area contributed by atoms with Crippen molar-refractivity contribution in [1.29, 1.82) is 0 Å². The minimum absolute atomic E-state index is 0.00110. The van der Waals surface area contributed by atoms with Gasteiger partial charge in [-0.25, -0.2) is 4.79 Å². The van der Waals surface area contributed by atoms with Gasteiger partial charge in [0.25, 0.3) is 0 Å². The second kappa shape index (κ2) is 18.4. The minimum atomic E-state index is -5.08. The number of halogens is 6. The molecule has 47 heavy (non-hydrogen) atoms. The molecule has 3 amide bonds. The summed E-state index contributed by atoms with van der Waals surface area (Å²) >= 11 is 0. The Bertz CT molecular complexity index is 1190. The fourth-order valence-corrected chi connectivity index (χ4v) is 4.40. The maximum Gasteiger partial charge on any atom is 0.490 e. The molecule has 0 bridgehead atoms. The van der Waals surface area contributed by atoms with Gasteiger partial charge >= 0.3 is 24.3 Å². The number of piperidine rings is 1. The Morgan fingerprint density at radius 1 is 0.872 bits per heavy atom. The molecule has 3 unspecified atom stereocenters. The van der Waals surface area contributed by atoms with Gasteiger partial charge < -0.3 is 42.9 Å². The molecule has 1 aliphatic rings. The van der Waals surface area contributed by atoms with Crippen LogP contribution in [0.1, 0.15) is 50.5 Å². The van der Waals surface area contributed by atoms with Gasteiger partial charge in [0.05, 0.1) is 6.04 Å². The Hall–Kier alpha value is -3.97. The van der Waals surface area contributed by atoms with E-state index in [1.54, 1.807) is 30.3 Å². The van der Waals surface area contributed by atoms with Gasteiger partial charge in [-0.15, -0.1) is 0 Å². The van der Waals surface area contributed by atoms with E-state index >= 15 is 0 Å². The molecule has 0 saturated carbocycles. The number of likely N-dealkylation sites (tertiary alicyclic amines) is 1. The molecule has 1 aromatic carbocycles. The van der Waals surface area contributed by atoms with Crippen LogP contribution in [0.2, 0.25) is 0 Å². The highest BCUT2D eigenvalue weighted by Gasteiger charge is 2.41. The van der Waals surface area contributed by atoms with Crippen molar-refractivity contribution < 1.29 is 60.5 Å². The number of nitrogens with zero attached hydrogens (tertiary/aromatic N) is 1. The van der Waals surface area contributed by atoms with Crippen molar-refractivity contribution in [2.45, 2.75) is 87.4 Å². The van der Waals surface area contributed by atoms with E-state index in [0.717, 1.165) is 5.56 Å². The van der Waals surface area contributed by atoms with Crippen molar-refractivity contribution in [2.24, 2.45) is 17.2 Å². The van der Waals surface area contributed by atoms with Crippen LogP contribution in [0.25, 0.3) is 0 Å². The van der Waals surface area contributed by atoms with Crippen LogP contribution in [-0.2, 0) is 30.4 Å². The first-order valence-corrected chi connectivity index (χ1v) is 14.5. The average Bonchev–Trinajstić information content (AvgIpc) is 2.98. The number of carboxylic acids is 2. The molecule has 0 aromatic heterocycles. The van der Waals surface area contributed by atoms with Crippen molar-refractivity contribution in [1.82, 2.24) is 15.5 Å². The third kappa shape index (κ3) is 15.0. The first kappa shape index (κ1) is 41.1. The van der Waals surface area contributed by atoms with Gasteiger partial charge in [0.1, 0.15) is 17.6 Å². The van der Waals surface area contributed by atoms with Crippen LogP contribution >= 0.6 is 0 Å². The number of hydrogen-bond donors (Lipinski definition) is 7. The van der Waals surface area contributed by atoms with E-state index in [1.165, 1.54) is 4.90 Å². The Morgan fingerprint density at radius 3 is 1.87 bits per heavy atom. The predicted octanol–water partition coefficient (Wildman–Crippen LogP) is 1.04. The van der Waals surface area contributed by atoms with Crippen LogP contribution in [-0.4, -0.2) is 100 Å². The van der Waals surface area contributed by atoms with Gasteiger partial charge in [-0.05, 0) is 57.1 Å². The smallest absolute Gasteiger partial charge is 0.480 e. The molecule has 0 aliphatic carbocycles. The molecule has 19 heteroatoms. The molecule has 1 heterocycles. The molecule has 10 N–H and O–H groups in total. The summed E-state index contributed by atoms with van der Waals surface area (Å²) in [4.78, 5) is 60.9. The molecule has 1 aliphatic heterocycles. The lowest BCUT2D eigenvalue weighted by atomic mass is 9.88. The normalized spacial score (nSPS) is 16.5. The zero-order valence-corrected chi connectivity index (χ0v) is 25.3. The van der Waals surface area contributed by atoms with Crippen LogP contribution in [0.4, 0.5) is 26.3 Å². The Morgan fingerprint density at radius 2 is 1.40 bits per heavy atom. The van der Waals surface area contributed by atoms with Crippen molar-refractivity contribution in [3.63, 3.8) is 0 Å². The highest BCUT2D eigenvalue weighted by atomic mass is 19.4. The standard InChI is InChI=1S/C26H39F3N6O5.C2HF3O2/c27-26(28,29)10-9-19(33-21(36)18(31)16-17-6-2-1-3-7-17)22(37)34-20(8-4-5-13-30)23(38)35-14-11-25(32,12-15-35)24(39)40;3-2(4,5)1(6)7/h1-3,6-7,18-20H,4-5,8-16,30-32H2,(H,33,36)(H,34,37)(H,39,40);(H,6,7). The van der Waals surface area contributed by atoms with E-state index in [9.17, 15) is 50.6 Å². The second-order valence-corrected chi connectivity index (χ2v) is 10.9. The Balaban J connectivity index is 0.00000141. The predicted molar refractivity (Wildman–Crippen MR) is 154 cm³/mol. The van der Waals surface area contributed by atoms with Gasteiger partial charge in [-0.3, -0.25) is 19.2 Å². The summed E-state index contributed by atoms with van der Waals surface area (Å²) in [5.41, 5.74) is 16.6. The Labute approximate surface area is 266 Å². The van der Waals surface area contributed by atoms with Crippen LogP contribution in [0.15, 0.2) is 30.3 Å². The largest absolute Gasteiger partial charge is 0.490 e. The van der Waals surface area contributed by atoms with Crippen molar-refractivity contribution in [3.8, 4) is 0 Å². The summed E-state index contributed by atoms with van der Waals surface area (Å²) in [6.45, 7) is 0.400. The Kier molecular flexibility index (Phi) is 16.1. The lowest BCUT2D eigenvalue weighted by molar-refractivity contribution is -0.192. The number of benzene rings is 1. The van der Waals surface area contributed by atoms with Gasteiger partial charge in [0.2, 0.25) is 17.7 Å². The van der Waals surface area contributed by atoms with Gasteiger partial charge in [-0.1, -0.05) is 30.3 Å². The number of hydrogen-bond acceptors (Lipinski definition) is 8. The summed E-state index contributed by atoms with van der Waals surface area (Å²) < 4.78 is 70.8. The first-order chi connectivity index (χ1) is 21.7. The third-order valence-corrected chi connectivity index (χ3v) is 7.18. The van der Waals surface area contributed by atoms with E-state index < -0.39 is 78.5 Å². The van der Waals surface area contributed by atoms with Crippen molar-refractivity contribution in [3.05, 3.63) is 35.9 Å². The van der Waals surface area contributed by atoms with Crippen LogP contribution in [0.5, 0.6) is 0 Å². The maximum absolute atomic E-state index is 13.3. The summed E-state index contributed by atoms with van der Waals surface area (Å²) in [5.74, 6) is -6.21. The molecule has 1 aromatic rings. The first-order valence-electron chi connectivity index (χ1n) is 14.5. The maximum atomic E-state index is 13.3. The van der Waals surface area contributed by atoms with Gasteiger partial charge in [0.15, 0.2) is 0 Å². The molecule has 266 valence electrons. The number of unbranched alkanes of at least 4 members (excludes halogenated alkanes) is 1. The topological polar surface area (TPSA) is 231 Å². The number of amides is 3.